The first kappa shape index (κ1) is 11.5. The van der Waals surface area contributed by atoms with Crippen LogP contribution in [0.2, 0.25) is 0 Å². The van der Waals surface area contributed by atoms with Crippen molar-refractivity contribution in [3.63, 3.8) is 0 Å². The number of hydrogen-bond donors (Lipinski definition) is 2. The van der Waals surface area contributed by atoms with E-state index in [2.05, 4.69) is 20.2 Å². The Hall–Kier alpha value is -2.54. The first-order valence-corrected chi connectivity index (χ1v) is 5.62. The summed E-state index contributed by atoms with van der Waals surface area (Å²) in [4.78, 5) is 19.9. The number of nitrogens with zero attached hydrogens (tertiary/aromatic N) is 3. The standard InChI is InChI=1S/C12H11N5O2/c1-19-5-8-14-4-6-2-3-7-10(9(6)15-8)16-17-11(7)12(13)18/h2-4H,5H2,1H3,(H2,13,18)(H,16,17). The van der Waals surface area contributed by atoms with Gasteiger partial charge in [0, 0.05) is 24.1 Å². The number of nitrogens with one attached hydrogen (secondary N) is 1. The second kappa shape index (κ2) is 4.29. The monoisotopic (exact) mass is 257 g/mol. The highest BCUT2D eigenvalue weighted by molar-refractivity contribution is 6.11. The van der Waals surface area contributed by atoms with Crippen molar-refractivity contribution in [3.05, 3.63) is 29.8 Å². The van der Waals surface area contributed by atoms with Gasteiger partial charge in [-0.1, -0.05) is 6.07 Å². The number of carbonyl (C=O) groups is 1. The number of aromatic nitrogens is 4. The molecule has 0 unspecified atom stereocenters. The maximum atomic E-state index is 11.3. The second-order valence-electron chi connectivity index (χ2n) is 4.08. The van der Waals surface area contributed by atoms with Gasteiger partial charge in [-0.25, -0.2) is 9.97 Å². The molecule has 0 bridgehead atoms. The van der Waals surface area contributed by atoms with Crippen LogP contribution in [-0.4, -0.2) is 33.2 Å². The van der Waals surface area contributed by atoms with Gasteiger partial charge in [-0.15, -0.1) is 0 Å². The largest absolute Gasteiger partial charge is 0.377 e. The number of H-pyrrole nitrogens is 1. The minimum atomic E-state index is -0.548. The van der Waals surface area contributed by atoms with E-state index >= 15 is 0 Å². The molecule has 0 saturated heterocycles. The number of carbonyl (C=O) groups excluding carboxylic acids is 1. The smallest absolute Gasteiger partial charge is 0.267 e. The van der Waals surface area contributed by atoms with Crippen LogP contribution in [0.3, 0.4) is 0 Å². The minimum Gasteiger partial charge on any atom is -0.377 e. The lowest BCUT2D eigenvalue weighted by Gasteiger charge is -2.01. The van der Waals surface area contributed by atoms with Crippen LogP contribution in [0.25, 0.3) is 21.8 Å². The quantitative estimate of drug-likeness (QED) is 0.720. The number of hydrogen-bond acceptors (Lipinski definition) is 5. The summed E-state index contributed by atoms with van der Waals surface area (Å²) >= 11 is 0. The maximum absolute atomic E-state index is 11.3. The predicted molar refractivity (Wildman–Crippen MR) is 68.4 cm³/mol. The number of fused-ring (bicyclic) bond motifs is 3. The Kier molecular flexibility index (Phi) is 2.60. The van der Waals surface area contributed by atoms with Crippen LogP contribution in [0, 0.1) is 0 Å². The second-order valence-corrected chi connectivity index (χ2v) is 4.08. The Bertz CT molecular complexity index is 780. The van der Waals surface area contributed by atoms with Crippen molar-refractivity contribution in [1.29, 1.82) is 0 Å². The van der Waals surface area contributed by atoms with E-state index < -0.39 is 5.91 Å². The molecule has 7 nitrogen and oxygen atoms in total. The molecule has 2 heterocycles. The van der Waals surface area contributed by atoms with Crippen LogP contribution in [-0.2, 0) is 11.3 Å². The molecule has 3 aromatic rings. The summed E-state index contributed by atoms with van der Waals surface area (Å²) in [6, 6.07) is 3.61. The molecule has 1 aromatic carbocycles. The van der Waals surface area contributed by atoms with Crippen LogP contribution in [0.15, 0.2) is 18.3 Å². The van der Waals surface area contributed by atoms with E-state index in [1.165, 1.54) is 0 Å². The van der Waals surface area contributed by atoms with Crippen molar-refractivity contribution in [2.75, 3.05) is 7.11 Å². The zero-order chi connectivity index (χ0) is 13.4. The molecule has 0 atom stereocenters. The normalized spacial score (nSPS) is 11.2. The number of amides is 1. The molecule has 0 spiro atoms. The number of aromatic amines is 1. The van der Waals surface area contributed by atoms with Crippen molar-refractivity contribution in [2.24, 2.45) is 5.73 Å². The Morgan fingerprint density at radius 2 is 2.26 bits per heavy atom. The van der Waals surface area contributed by atoms with Gasteiger partial charge in [0.05, 0.1) is 0 Å². The summed E-state index contributed by atoms with van der Waals surface area (Å²) < 4.78 is 5.00. The lowest BCUT2D eigenvalue weighted by Crippen LogP contribution is -2.11. The van der Waals surface area contributed by atoms with Gasteiger partial charge >= 0.3 is 0 Å². The van der Waals surface area contributed by atoms with Crippen LogP contribution in [0.5, 0.6) is 0 Å². The van der Waals surface area contributed by atoms with E-state index in [4.69, 9.17) is 10.5 Å². The van der Waals surface area contributed by atoms with E-state index in [1.807, 2.05) is 6.07 Å². The molecule has 0 saturated carbocycles. The Labute approximate surface area is 107 Å². The summed E-state index contributed by atoms with van der Waals surface area (Å²) in [5.74, 6) is 0.0131. The summed E-state index contributed by atoms with van der Waals surface area (Å²) in [5.41, 5.74) is 6.84. The van der Waals surface area contributed by atoms with Crippen molar-refractivity contribution < 1.29 is 9.53 Å². The van der Waals surface area contributed by atoms with Gasteiger partial charge in [0.2, 0.25) is 0 Å². The molecule has 0 aliphatic carbocycles. The molecule has 0 aliphatic heterocycles. The first-order valence-electron chi connectivity index (χ1n) is 5.62. The highest BCUT2D eigenvalue weighted by Gasteiger charge is 2.13. The molecule has 1 amide bonds. The third-order valence-electron chi connectivity index (χ3n) is 2.84. The summed E-state index contributed by atoms with van der Waals surface area (Å²) in [6.07, 6.45) is 1.70. The minimum absolute atomic E-state index is 0.281. The average molecular weight is 257 g/mol. The van der Waals surface area contributed by atoms with Crippen molar-refractivity contribution in [3.8, 4) is 0 Å². The Morgan fingerprint density at radius 3 is 3.00 bits per heavy atom. The summed E-state index contributed by atoms with van der Waals surface area (Å²) in [6.45, 7) is 0.319. The molecule has 3 rings (SSSR count). The van der Waals surface area contributed by atoms with Crippen molar-refractivity contribution in [1.82, 2.24) is 20.2 Å². The molecular formula is C12H11N5O2. The molecular weight excluding hydrogens is 246 g/mol. The van der Waals surface area contributed by atoms with Crippen LogP contribution >= 0.6 is 0 Å². The fourth-order valence-electron chi connectivity index (χ4n) is 1.99. The first-order chi connectivity index (χ1) is 9.20. The highest BCUT2D eigenvalue weighted by Crippen LogP contribution is 2.23. The van der Waals surface area contributed by atoms with Gasteiger partial charge in [0.15, 0.2) is 5.82 Å². The number of rotatable bonds is 3. The summed E-state index contributed by atoms with van der Waals surface area (Å²) in [7, 11) is 1.58. The third-order valence-corrected chi connectivity index (χ3v) is 2.84. The van der Waals surface area contributed by atoms with Gasteiger partial charge < -0.3 is 10.5 Å². The Morgan fingerprint density at radius 1 is 1.42 bits per heavy atom. The van der Waals surface area contributed by atoms with Crippen LogP contribution in [0.4, 0.5) is 0 Å². The number of nitrogens with two attached hydrogens (primary N) is 1. The van der Waals surface area contributed by atoms with Gasteiger partial charge in [-0.3, -0.25) is 9.89 Å². The molecule has 2 aromatic heterocycles. The van der Waals surface area contributed by atoms with Crippen LogP contribution < -0.4 is 5.73 Å². The van der Waals surface area contributed by atoms with Gasteiger partial charge in [0.25, 0.3) is 5.91 Å². The summed E-state index contributed by atoms with van der Waals surface area (Å²) in [5, 5.41) is 8.25. The zero-order valence-electron chi connectivity index (χ0n) is 10.2. The van der Waals surface area contributed by atoms with Gasteiger partial charge in [-0.2, -0.15) is 5.10 Å². The molecule has 0 fully saturated rings. The highest BCUT2D eigenvalue weighted by atomic mass is 16.5. The van der Waals surface area contributed by atoms with E-state index in [9.17, 15) is 4.79 Å². The number of methoxy groups -OCH3 is 1. The molecule has 0 aliphatic rings. The zero-order valence-corrected chi connectivity index (χ0v) is 10.2. The molecule has 0 radical (unpaired) electrons. The van der Waals surface area contributed by atoms with Crippen molar-refractivity contribution >= 4 is 27.7 Å². The maximum Gasteiger partial charge on any atom is 0.267 e. The van der Waals surface area contributed by atoms with Gasteiger partial charge in [0.1, 0.15) is 23.3 Å². The fourth-order valence-corrected chi connectivity index (χ4v) is 1.99. The lowest BCUT2D eigenvalue weighted by molar-refractivity contribution is 0.0997. The fraction of sp³-hybridized carbons (Fsp3) is 0.167. The molecule has 7 heteroatoms. The number of ether oxygens (including phenoxy) is 1. The number of primary amides is 1. The SMILES string of the molecule is COCc1ncc2ccc3c(C(N)=O)[nH]nc3c2n1. The van der Waals surface area contributed by atoms with Gasteiger partial charge in [-0.05, 0) is 6.07 Å². The predicted octanol–water partition coefficient (Wildman–Crippen LogP) is 0.751. The third kappa shape index (κ3) is 1.80. The van der Waals surface area contributed by atoms with Crippen LogP contribution in [0.1, 0.15) is 16.3 Å². The molecule has 3 N–H and O–H groups in total. The van der Waals surface area contributed by atoms with E-state index in [0.717, 1.165) is 5.39 Å². The molecule has 19 heavy (non-hydrogen) atoms. The number of benzene rings is 1. The van der Waals surface area contributed by atoms with E-state index in [1.54, 1.807) is 19.4 Å². The van der Waals surface area contributed by atoms with E-state index in [-0.39, 0.29) is 5.69 Å². The topological polar surface area (TPSA) is 107 Å². The average Bonchev–Trinajstić information content (AvgIpc) is 2.83. The molecule has 96 valence electrons. The Balaban J connectivity index is 2.31. The van der Waals surface area contributed by atoms with Crippen molar-refractivity contribution in [2.45, 2.75) is 6.61 Å². The lowest BCUT2D eigenvalue weighted by atomic mass is 10.1. The van der Waals surface area contributed by atoms with E-state index in [0.29, 0.717) is 28.9 Å².